The van der Waals surface area contributed by atoms with Crippen molar-refractivity contribution in [3.05, 3.63) is 0 Å². The summed E-state index contributed by atoms with van der Waals surface area (Å²) in [6.07, 6.45) is 2.69. The lowest BCUT2D eigenvalue weighted by molar-refractivity contribution is -0.152. The van der Waals surface area contributed by atoms with Crippen LogP contribution >= 0.6 is 0 Å². The Morgan fingerprint density at radius 1 is 0.737 bits per heavy atom. The Morgan fingerprint density at radius 3 is 1.63 bits per heavy atom. The smallest absolute Gasteiger partial charge is 0.246 e. The van der Waals surface area contributed by atoms with Crippen LogP contribution in [0.2, 0.25) is 0 Å². The van der Waals surface area contributed by atoms with Gasteiger partial charge in [-0.25, -0.2) is 0 Å². The summed E-state index contributed by atoms with van der Waals surface area (Å²) in [6, 6.07) is -3.02. The van der Waals surface area contributed by atoms with Crippen molar-refractivity contribution in [1.82, 2.24) is 24.9 Å². The van der Waals surface area contributed by atoms with E-state index in [0.29, 0.717) is 32.1 Å². The summed E-state index contributed by atoms with van der Waals surface area (Å²) in [5, 5.41) is 2.87. The zero-order valence-electron chi connectivity index (χ0n) is 25.8. The molecule has 0 aromatic heterocycles. The molecule has 0 radical (unpaired) electrons. The maximum absolute atomic E-state index is 13.9. The number of rotatable bonds is 16. The number of nitrogens with zero attached hydrogens (tertiary/aromatic N) is 4. The minimum atomic E-state index is -0.834. The molecule has 0 rings (SSSR count). The first-order valence-corrected chi connectivity index (χ1v) is 13.7. The lowest BCUT2D eigenvalue weighted by atomic mass is 9.95. The zero-order valence-corrected chi connectivity index (χ0v) is 25.8. The van der Waals surface area contributed by atoms with Crippen LogP contribution in [0.15, 0.2) is 0 Å². The van der Waals surface area contributed by atoms with E-state index < -0.39 is 30.1 Å². The molecule has 0 saturated heterocycles. The van der Waals surface area contributed by atoms with E-state index in [-0.39, 0.29) is 35.5 Å². The van der Waals surface area contributed by atoms with E-state index in [2.05, 4.69) is 5.32 Å². The molecule has 4 atom stereocenters. The first-order chi connectivity index (χ1) is 17.5. The van der Waals surface area contributed by atoms with E-state index in [4.69, 9.17) is 0 Å². The standard InChI is InChI=1S/C28H53N5O5/c1-13-14-21(26(36)30(8)9)29-25(35)22(15-18(2)3)32(11)28(38)24(20(6)7)33(12)27(37)23(16-19(4)5)31(10)17-34/h17-24H,13-16H2,1-12H3,(H,29,35). The second-order valence-corrected chi connectivity index (χ2v) is 11.7. The number of amides is 5. The molecule has 0 bridgehead atoms. The Balaban J connectivity index is 6.17. The van der Waals surface area contributed by atoms with Gasteiger partial charge in [0.1, 0.15) is 24.2 Å². The Labute approximate surface area is 230 Å². The van der Waals surface area contributed by atoms with Gasteiger partial charge in [0, 0.05) is 35.2 Å². The molecule has 0 aliphatic rings. The highest BCUT2D eigenvalue weighted by molar-refractivity contribution is 5.95. The van der Waals surface area contributed by atoms with Gasteiger partial charge in [-0.1, -0.05) is 54.9 Å². The maximum atomic E-state index is 13.9. The van der Waals surface area contributed by atoms with Gasteiger partial charge in [-0.3, -0.25) is 24.0 Å². The zero-order chi connectivity index (χ0) is 29.9. The van der Waals surface area contributed by atoms with Crippen molar-refractivity contribution >= 4 is 30.0 Å². The summed E-state index contributed by atoms with van der Waals surface area (Å²) in [5.41, 5.74) is 0. The van der Waals surface area contributed by atoms with Crippen LogP contribution in [0.5, 0.6) is 0 Å². The van der Waals surface area contributed by atoms with Crippen molar-refractivity contribution in [2.75, 3.05) is 35.2 Å². The topological polar surface area (TPSA) is 110 Å². The second-order valence-electron chi connectivity index (χ2n) is 11.7. The highest BCUT2D eigenvalue weighted by Crippen LogP contribution is 2.21. The molecule has 0 aliphatic carbocycles. The fourth-order valence-electron chi connectivity index (χ4n) is 4.61. The lowest BCUT2D eigenvalue weighted by Crippen LogP contribution is -2.60. The highest BCUT2D eigenvalue weighted by Gasteiger charge is 2.39. The lowest BCUT2D eigenvalue weighted by Gasteiger charge is -2.39. The summed E-state index contributed by atoms with van der Waals surface area (Å²) >= 11 is 0. The summed E-state index contributed by atoms with van der Waals surface area (Å²) in [5.74, 6) is -1.25. The van der Waals surface area contributed by atoms with Crippen LogP contribution < -0.4 is 5.32 Å². The van der Waals surface area contributed by atoms with Gasteiger partial charge in [0.15, 0.2) is 0 Å². The molecule has 0 spiro atoms. The van der Waals surface area contributed by atoms with Gasteiger partial charge < -0.3 is 24.9 Å². The number of hydrogen-bond acceptors (Lipinski definition) is 5. The summed E-state index contributed by atoms with van der Waals surface area (Å²) in [7, 11) is 8.01. The fourth-order valence-corrected chi connectivity index (χ4v) is 4.61. The predicted octanol–water partition coefficient (Wildman–Crippen LogP) is 2.22. The number of likely N-dealkylation sites (N-methyl/N-ethyl adjacent to an activating group) is 4. The third-order valence-corrected chi connectivity index (χ3v) is 6.73. The molecule has 0 fully saturated rings. The van der Waals surface area contributed by atoms with Gasteiger partial charge in [0.2, 0.25) is 30.0 Å². The molecule has 4 unspecified atom stereocenters. The van der Waals surface area contributed by atoms with Crippen LogP contribution in [0, 0.1) is 17.8 Å². The van der Waals surface area contributed by atoms with Crippen LogP contribution in [0.1, 0.15) is 74.1 Å². The van der Waals surface area contributed by atoms with Crippen molar-refractivity contribution in [2.45, 2.75) is 98.3 Å². The number of hydrogen-bond donors (Lipinski definition) is 1. The summed E-state index contributed by atoms with van der Waals surface area (Å²) < 4.78 is 0. The SMILES string of the molecule is CCCC(NC(=O)C(CC(C)C)N(C)C(=O)C(C(C)C)N(C)C(=O)C(CC(C)C)N(C)C=O)C(=O)N(C)C. The molecule has 10 heteroatoms. The van der Waals surface area contributed by atoms with E-state index in [1.807, 2.05) is 48.5 Å². The first kappa shape index (κ1) is 35.4. The third kappa shape index (κ3) is 10.3. The molecule has 0 aromatic rings. The molecular formula is C28H53N5O5. The predicted molar refractivity (Wildman–Crippen MR) is 150 cm³/mol. The maximum Gasteiger partial charge on any atom is 0.246 e. The van der Waals surface area contributed by atoms with Crippen LogP contribution in [0.3, 0.4) is 0 Å². The van der Waals surface area contributed by atoms with E-state index in [1.54, 1.807) is 35.2 Å². The molecule has 0 aliphatic heterocycles. The van der Waals surface area contributed by atoms with E-state index in [1.165, 1.54) is 19.6 Å². The van der Waals surface area contributed by atoms with Gasteiger partial charge in [0.05, 0.1) is 0 Å². The van der Waals surface area contributed by atoms with Gasteiger partial charge in [0.25, 0.3) is 0 Å². The Hall–Kier alpha value is -2.65. The molecule has 1 N–H and O–H groups in total. The third-order valence-electron chi connectivity index (χ3n) is 6.73. The molecule has 0 heterocycles. The van der Waals surface area contributed by atoms with Crippen molar-refractivity contribution in [3.63, 3.8) is 0 Å². The molecule has 0 saturated carbocycles. The minimum absolute atomic E-state index is 0.101. The van der Waals surface area contributed by atoms with Crippen LogP contribution in [0.25, 0.3) is 0 Å². The number of carbonyl (C=O) groups is 5. The number of carbonyl (C=O) groups excluding carboxylic acids is 5. The molecule has 220 valence electrons. The normalized spacial score (nSPS) is 14.5. The average Bonchev–Trinajstić information content (AvgIpc) is 2.82. The molecule has 38 heavy (non-hydrogen) atoms. The van der Waals surface area contributed by atoms with Gasteiger partial charge in [-0.2, -0.15) is 0 Å². The molecule has 0 aromatic carbocycles. The van der Waals surface area contributed by atoms with Crippen molar-refractivity contribution in [1.29, 1.82) is 0 Å². The van der Waals surface area contributed by atoms with E-state index >= 15 is 0 Å². The Bertz CT molecular complexity index is 799. The Kier molecular flexibility index (Phi) is 15.2. The quantitative estimate of drug-likeness (QED) is 0.303. The largest absolute Gasteiger partial charge is 0.347 e. The van der Waals surface area contributed by atoms with Crippen molar-refractivity contribution in [3.8, 4) is 0 Å². The first-order valence-electron chi connectivity index (χ1n) is 13.7. The fraction of sp³-hybridized carbons (Fsp3) is 0.821. The van der Waals surface area contributed by atoms with Gasteiger partial charge in [-0.15, -0.1) is 0 Å². The molecule has 5 amide bonds. The van der Waals surface area contributed by atoms with Crippen LogP contribution in [-0.4, -0.2) is 109 Å². The Morgan fingerprint density at radius 2 is 1.24 bits per heavy atom. The van der Waals surface area contributed by atoms with E-state index in [9.17, 15) is 24.0 Å². The highest BCUT2D eigenvalue weighted by atomic mass is 16.2. The second kappa shape index (κ2) is 16.3. The average molecular weight is 540 g/mol. The van der Waals surface area contributed by atoms with Crippen LogP contribution in [-0.2, 0) is 24.0 Å². The van der Waals surface area contributed by atoms with Gasteiger partial charge >= 0.3 is 0 Å². The monoisotopic (exact) mass is 539 g/mol. The summed E-state index contributed by atoms with van der Waals surface area (Å²) in [6.45, 7) is 13.5. The number of nitrogens with one attached hydrogen (secondary N) is 1. The van der Waals surface area contributed by atoms with Crippen LogP contribution in [0.4, 0.5) is 0 Å². The van der Waals surface area contributed by atoms with E-state index in [0.717, 1.165) is 0 Å². The van der Waals surface area contributed by atoms with Crippen molar-refractivity contribution in [2.24, 2.45) is 17.8 Å². The molecule has 10 nitrogen and oxygen atoms in total. The van der Waals surface area contributed by atoms with Gasteiger partial charge in [-0.05, 0) is 37.0 Å². The summed E-state index contributed by atoms with van der Waals surface area (Å²) in [4.78, 5) is 70.7. The molecular weight excluding hydrogens is 486 g/mol. The van der Waals surface area contributed by atoms with Crippen molar-refractivity contribution < 1.29 is 24.0 Å². The minimum Gasteiger partial charge on any atom is -0.347 e.